The SMILES string of the molecule is CCCCCCCCCCCCCCC(=O)OC[C@H]1O[C@H](OC(C)(C)CCC/C(C)=C/C=C/C(C)=C/C=C/C(C)CCCCC(C)CCCC(C)/C=C/C2=C(C)C=CCC2(C)C)[C@H](O)[C@@H](O)[C@@H]1O. The van der Waals surface area contributed by atoms with E-state index in [1.807, 2.05) is 13.8 Å². The molecule has 2 rings (SSSR count). The molecule has 3 unspecified atom stereocenters. The highest BCUT2D eigenvalue weighted by Crippen LogP contribution is 2.38. The second-order valence-corrected chi connectivity index (χ2v) is 22.5. The van der Waals surface area contributed by atoms with Crippen LogP contribution in [-0.2, 0) is 19.0 Å². The topological polar surface area (TPSA) is 105 Å². The molecule has 0 aromatic heterocycles. The van der Waals surface area contributed by atoms with Crippen LogP contribution in [0.4, 0.5) is 0 Å². The molecule has 7 heteroatoms. The highest BCUT2D eigenvalue weighted by atomic mass is 16.7. The van der Waals surface area contributed by atoms with Crippen LogP contribution in [-0.4, -0.2) is 64.2 Å². The third-order valence-electron chi connectivity index (χ3n) is 14.3. The molecule has 1 heterocycles. The summed E-state index contributed by atoms with van der Waals surface area (Å²) in [7, 11) is 0. The van der Waals surface area contributed by atoms with E-state index in [1.165, 1.54) is 125 Å². The molecule has 0 aromatic rings. The molecule has 7 nitrogen and oxygen atoms in total. The Hall–Kier alpha value is -2.55. The Morgan fingerprint density at radius 3 is 2.03 bits per heavy atom. The molecule has 1 saturated heterocycles. The van der Waals surface area contributed by atoms with Gasteiger partial charge in [-0.1, -0.05) is 216 Å². The van der Waals surface area contributed by atoms with Crippen molar-refractivity contribution in [3.05, 3.63) is 83.1 Å². The largest absolute Gasteiger partial charge is 0.463 e. The quantitative estimate of drug-likeness (QED) is 0.0326. The minimum absolute atomic E-state index is 0.209. The number of aliphatic hydroxyl groups excluding tert-OH is 3. The number of hydrogen-bond donors (Lipinski definition) is 3. The Labute approximate surface area is 418 Å². The Bertz CT molecular complexity index is 1590. The van der Waals surface area contributed by atoms with E-state index in [0.29, 0.717) is 24.7 Å². The zero-order valence-corrected chi connectivity index (χ0v) is 45.5. The smallest absolute Gasteiger partial charge is 0.305 e. The van der Waals surface area contributed by atoms with E-state index in [4.69, 9.17) is 14.2 Å². The van der Waals surface area contributed by atoms with Crippen molar-refractivity contribution in [2.24, 2.45) is 23.2 Å². The van der Waals surface area contributed by atoms with E-state index in [1.54, 1.807) is 0 Å². The molecule has 390 valence electrons. The van der Waals surface area contributed by atoms with Crippen molar-refractivity contribution in [2.75, 3.05) is 6.61 Å². The summed E-state index contributed by atoms with van der Waals surface area (Å²) < 4.78 is 17.5. The maximum atomic E-state index is 12.5. The minimum atomic E-state index is -1.48. The summed E-state index contributed by atoms with van der Waals surface area (Å²) >= 11 is 0. The van der Waals surface area contributed by atoms with Crippen molar-refractivity contribution < 1.29 is 34.3 Å². The van der Waals surface area contributed by atoms with E-state index in [9.17, 15) is 20.1 Å². The van der Waals surface area contributed by atoms with E-state index >= 15 is 0 Å². The van der Waals surface area contributed by atoms with E-state index in [2.05, 4.69) is 123 Å². The predicted octanol–water partition coefficient (Wildman–Crippen LogP) is 15.9. The number of carbonyl (C=O) groups excluding carboxylic acids is 1. The number of ether oxygens (including phenoxy) is 3. The number of rotatable bonds is 36. The molecule has 0 bridgehead atoms. The van der Waals surface area contributed by atoms with Gasteiger partial charge in [0.15, 0.2) is 6.29 Å². The zero-order chi connectivity index (χ0) is 50.4. The fourth-order valence-electron chi connectivity index (χ4n) is 9.54. The van der Waals surface area contributed by atoms with Crippen molar-refractivity contribution in [1.29, 1.82) is 0 Å². The van der Waals surface area contributed by atoms with Crippen molar-refractivity contribution in [1.82, 2.24) is 0 Å². The van der Waals surface area contributed by atoms with Gasteiger partial charge in [0.1, 0.15) is 31.0 Å². The number of hydrogen-bond acceptors (Lipinski definition) is 7. The monoisotopic (exact) mass is 949 g/mol. The van der Waals surface area contributed by atoms with Crippen LogP contribution in [0.25, 0.3) is 0 Å². The molecular formula is C61H104O7. The first-order chi connectivity index (χ1) is 32.3. The lowest BCUT2D eigenvalue weighted by Crippen LogP contribution is -2.60. The van der Waals surface area contributed by atoms with Crippen molar-refractivity contribution in [3.8, 4) is 0 Å². The predicted molar refractivity (Wildman–Crippen MR) is 287 cm³/mol. The number of carbonyl (C=O) groups is 1. The summed E-state index contributed by atoms with van der Waals surface area (Å²) in [6.45, 7) is 24.3. The maximum absolute atomic E-state index is 12.5. The van der Waals surface area contributed by atoms with Gasteiger partial charge in [-0.2, -0.15) is 0 Å². The first kappa shape index (κ1) is 61.6. The van der Waals surface area contributed by atoms with Gasteiger partial charge in [-0.15, -0.1) is 0 Å². The summed E-state index contributed by atoms with van der Waals surface area (Å²) in [5.74, 6) is 1.64. The Morgan fingerprint density at radius 1 is 0.765 bits per heavy atom. The second-order valence-electron chi connectivity index (χ2n) is 22.5. The van der Waals surface area contributed by atoms with Crippen LogP contribution in [0, 0.1) is 23.2 Å². The first-order valence-corrected chi connectivity index (χ1v) is 27.6. The van der Waals surface area contributed by atoms with Gasteiger partial charge in [-0.25, -0.2) is 0 Å². The molecule has 0 aromatic carbocycles. The lowest BCUT2D eigenvalue weighted by atomic mass is 9.75. The van der Waals surface area contributed by atoms with E-state index < -0.39 is 36.3 Å². The molecule has 3 N–H and O–H groups in total. The molecular weight excluding hydrogens is 845 g/mol. The third kappa shape index (κ3) is 27.2. The molecule has 1 aliphatic carbocycles. The van der Waals surface area contributed by atoms with E-state index in [-0.39, 0.29) is 18.0 Å². The summed E-state index contributed by atoms with van der Waals surface area (Å²) in [6, 6.07) is 0. The summed E-state index contributed by atoms with van der Waals surface area (Å²) in [5.41, 5.74) is 4.95. The Balaban J connectivity index is 1.62. The van der Waals surface area contributed by atoms with Crippen LogP contribution in [0.1, 0.15) is 230 Å². The van der Waals surface area contributed by atoms with Gasteiger partial charge in [-0.05, 0) is 114 Å². The lowest BCUT2D eigenvalue weighted by Gasteiger charge is -2.42. The average molecular weight is 949 g/mol. The average Bonchev–Trinajstić information content (AvgIpc) is 3.27. The van der Waals surface area contributed by atoms with Gasteiger partial charge in [0, 0.05) is 6.42 Å². The molecule has 8 atom stereocenters. The first-order valence-electron chi connectivity index (χ1n) is 27.6. The third-order valence-corrected chi connectivity index (χ3v) is 14.3. The van der Waals surface area contributed by atoms with Crippen LogP contribution >= 0.6 is 0 Å². The number of unbranched alkanes of at least 4 members (excludes halogenated alkanes) is 12. The maximum Gasteiger partial charge on any atom is 0.305 e. The number of esters is 1. The standard InChI is InChI=1S/C61H104O7/c1-12-13-14-15-16-17-18-19-20-21-22-23-41-55(62)66-46-54-56(63)57(64)58(65)59(67-54)68-61(10,11)45-29-39-50(5)37-27-36-49(4)35-26-33-47(2)31-24-25-32-48(3)34-28-38-51(6)42-43-53-52(7)40-30-44-60(53,8)9/h26-27,30,33,35-37,40,42-43,47-48,51,54,56-59,63-65H,12-25,28-29,31-32,34,38-39,41,44-46H2,1-11H3/b33-26+,36-27+,43-42+,49-35+,50-37+/t47?,48?,51?,54-,56-,57+,58-,59-/m1/s1. The van der Waals surface area contributed by atoms with Gasteiger partial charge < -0.3 is 29.5 Å². The molecule has 0 amide bonds. The van der Waals surface area contributed by atoms with Crippen LogP contribution in [0.5, 0.6) is 0 Å². The number of aliphatic hydroxyl groups is 3. The van der Waals surface area contributed by atoms with Gasteiger partial charge in [0.05, 0.1) is 5.60 Å². The summed E-state index contributed by atoms with van der Waals surface area (Å²) in [5, 5.41) is 32.0. The Kier molecular flexibility index (Phi) is 31.4. The molecule has 1 aliphatic heterocycles. The molecule has 0 radical (unpaired) electrons. The molecule has 0 spiro atoms. The van der Waals surface area contributed by atoms with Crippen molar-refractivity contribution in [2.45, 2.75) is 267 Å². The Morgan fingerprint density at radius 2 is 1.37 bits per heavy atom. The van der Waals surface area contributed by atoms with Gasteiger partial charge in [0.25, 0.3) is 0 Å². The van der Waals surface area contributed by atoms with Crippen molar-refractivity contribution >= 4 is 5.97 Å². The van der Waals surface area contributed by atoms with Crippen LogP contribution < -0.4 is 0 Å². The lowest BCUT2D eigenvalue weighted by molar-refractivity contribution is -0.324. The highest BCUT2D eigenvalue weighted by Gasteiger charge is 2.46. The fraction of sp³-hybridized carbons (Fsp3) is 0.754. The van der Waals surface area contributed by atoms with E-state index in [0.717, 1.165) is 44.4 Å². The molecule has 1 fully saturated rings. The molecule has 68 heavy (non-hydrogen) atoms. The van der Waals surface area contributed by atoms with Crippen LogP contribution in [0.3, 0.4) is 0 Å². The summed E-state index contributed by atoms with van der Waals surface area (Å²) in [4.78, 5) is 12.5. The van der Waals surface area contributed by atoms with Gasteiger partial charge in [0.2, 0.25) is 0 Å². The van der Waals surface area contributed by atoms with Crippen molar-refractivity contribution in [3.63, 3.8) is 0 Å². The van der Waals surface area contributed by atoms with Gasteiger partial charge >= 0.3 is 5.97 Å². The molecule has 0 saturated carbocycles. The van der Waals surface area contributed by atoms with Gasteiger partial charge in [-0.3, -0.25) is 4.79 Å². The second kappa shape index (κ2) is 34.7. The zero-order valence-electron chi connectivity index (χ0n) is 45.5. The summed E-state index contributed by atoms with van der Waals surface area (Å²) in [6.07, 6.45) is 43.7. The minimum Gasteiger partial charge on any atom is -0.463 e. The fourth-order valence-corrected chi connectivity index (χ4v) is 9.54. The number of allylic oxidation sites excluding steroid dienone is 14. The van der Waals surface area contributed by atoms with Crippen LogP contribution in [0.15, 0.2) is 83.1 Å². The van der Waals surface area contributed by atoms with Crippen LogP contribution in [0.2, 0.25) is 0 Å². The normalized spacial score (nSPS) is 23.1. The molecule has 2 aliphatic rings. The highest BCUT2D eigenvalue weighted by molar-refractivity contribution is 5.69.